The van der Waals surface area contributed by atoms with Gasteiger partial charge in [-0.05, 0) is 59.7 Å². The number of amides is 1. The first-order chi connectivity index (χ1) is 13.5. The zero-order valence-corrected chi connectivity index (χ0v) is 17.5. The second-order valence-corrected chi connectivity index (χ2v) is 7.76. The van der Waals surface area contributed by atoms with Crippen molar-refractivity contribution >= 4 is 57.8 Å². The Kier molecular flexibility index (Phi) is 6.83. The Balaban J connectivity index is 1.80. The van der Waals surface area contributed by atoms with Crippen LogP contribution in [0.3, 0.4) is 0 Å². The van der Waals surface area contributed by atoms with E-state index >= 15 is 0 Å². The van der Waals surface area contributed by atoms with E-state index in [1.807, 2.05) is 24.3 Å². The van der Waals surface area contributed by atoms with Crippen molar-refractivity contribution in [3.05, 3.63) is 75.1 Å². The first-order valence-electron chi connectivity index (χ1n) is 8.61. The fraction of sp³-hybridized carbons (Fsp3) is 0.143. The van der Waals surface area contributed by atoms with E-state index in [0.717, 1.165) is 12.1 Å². The van der Waals surface area contributed by atoms with Crippen LogP contribution in [0.2, 0.25) is 10.0 Å². The van der Waals surface area contributed by atoms with E-state index in [1.165, 1.54) is 17.3 Å². The van der Waals surface area contributed by atoms with Crippen molar-refractivity contribution in [3.8, 4) is 5.75 Å². The average Bonchev–Trinajstić information content (AvgIpc) is 3.00. The summed E-state index contributed by atoms with van der Waals surface area (Å²) in [6, 6.07) is 11.3. The molecule has 1 amide bonds. The van der Waals surface area contributed by atoms with E-state index in [4.69, 9.17) is 27.9 Å². The lowest BCUT2D eigenvalue weighted by molar-refractivity contribution is -0.115. The van der Waals surface area contributed by atoms with Crippen LogP contribution in [0.25, 0.3) is 6.08 Å². The van der Waals surface area contributed by atoms with Gasteiger partial charge in [0.25, 0.3) is 5.91 Å². The molecule has 0 atom stereocenters. The Hall–Kier alpha value is -2.21. The molecular formula is C21H18Cl2N2O2S. The second kappa shape index (κ2) is 9.32. The number of ether oxygens (including phenoxy) is 1. The minimum Gasteiger partial charge on any atom is -0.486 e. The van der Waals surface area contributed by atoms with E-state index in [2.05, 4.69) is 23.8 Å². The molecule has 0 spiro atoms. The molecule has 0 saturated carbocycles. The van der Waals surface area contributed by atoms with E-state index in [9.17, 15) is 4.79 Å². The van der Waals surface area contributed by atoms with Crippen molar-refractivity contribution in [1.82, 2.24) is 5.32 Å². The summed E-state index contributed by atoms with van der Waals surface area (Å²) in [5.74, 6) is 0.180. The molecule has 2 aromatic rings. The number of hydrogen-bond donors (Lipinski definition) is 1. The summed E-state index contributed by atoms with van der Waals surface area (Å²) in [7, 11) is 0. The van der Waals surface area contributed by atoms with Crippen LogP contribution in [0.5, 0.6) is 5.75 Å². The van der Waals surface area contributed by atoms with Crippen molar-refractivity contribution in [3.63, 3.8) is 0 Å². The molecule has 0 aromatic heterocycles. The highest BCUT2D eigenvalue weighted by Gasteiger charge is 2.24. The van der Waals surface area contributed by atoms with Crippen LogP contribution in [0, 0.1) is 0 Å². The summed E-state index contributed by atoms with van der Waals surface area (Å²) < 4.78 is 5.46. The smallest absolute Gasteiger partial charge is 0.264 e. The predicted molar refractivity (Wildman–Crippen MR) is 119 cm³/mol. The molecule has 1 fully saturated rings. The van der Waals surface area contributed by atoms with E-state index in [1.54, 1.807) is 24.3 Å². The van der Waals surface area contributed by atoms with Gasteiger partial charge in [0.2, 0.25) is 0 Å². The third-order valence-corrected chi connectivity index (χ3v) is 5.36. The quantitative estimate of drug-likeness (QED) is 0.448. The lowest BCUT2D eigenvalue weighted by Crippen LogP contribution is -2.19. The number of carbonyl (C=O) groups is 1. The molecule has 1 saturated heterocycles. The summed E-state index contributed by atoms with van der Waals surface area (Å²) in [5.41, 5.74) is 2.73. The van der Waals surface area contributed by atoms with Gasteiger partial charge in [-0.15, -0.1) is 0 Å². The number of aliphatic imine (C=N–C) groups is 1. The molecule has 0 aliphatic carbocycles. The number of benzene rings is 2. The molecule has 4 nitrogen and oxygen atoms in total. The number of nitrogens with zero attached hydrogens (tertiary/aromatic N) is 1. The molecule has 0 radical (unpaired) electrons. The van der Waals surface area contributed by atoms with Crippen LogP contribution in [0.1, 0.15) is 18.1 Å². The lowest BCUT2D eigenvalue weighted by Gasteiger charge is -2.09. The van der Waals surface area contributed by atoms with Gasteiger partial charge >= 0.3 is 0 Å². The molecule has 1 aliphatic rings. The van der Waals surface area contributed by atoms with Crippen LogP contribution in [-0.4, -0.2) is 17.7 Å². The molecule has 7 heteroatoms. The van der Waals surface area contributed by atoms with Crippen molar-refractivity contribution in [2.24, 2.45) is 4.99 Å². The van der Waals surface area contributed by atoms with Crippen molar-refractivity contribution < 1.29 is 9.53 Å². The van der Waals surface area contributed by atoms with Crippen molar-refractivity contribution in [2.45, 2.75) is 13.3 Å². The average molecular weight is 433 g/mol. The summed E-state index contributed by atoms with van der Waals surface area (Å²) in [5, 5.41) is 4.04. The van der Waals surface area contributed by atoms with Crippen LogP contribution in [0.4, 0.5) is 5.69 Å². The standard InChI is InChI=1S/C21H18Cl2N2O2S/c1-3-9-27-19-16(22)10-14(11-17(19)23)12-18-20(26)25-21(28-18)24-15-7-5-13(4-2)6-8-15/h3,5-8,10-12H,1,4,9H2,2H3,(H,24,25,26)/b18-12-. The molecular weight excluding hydrogens is 415 g/mol. The SMILES string of the molecule is C=CCOc1c(Cl)cc(/C=C2\SC(=Nc3ccc(CC)cc3)NC2=O)cc1Cl. The van der Waals surface area contributed by atoms with Gasteiger partial charge < -0.3 is 10.1 Å². The van der Waals surface area contributed by atoms with Crippen LogP contribution in [0.15, 0.2) is 59.0 Å². The lowest BCUT2D eigenvalue weighted by atomic mass is 10.2. The molecule has 144 valence electrons. The highest BCUT2D eigenvalue weighted by atomic mass is 35.5. The molecule has 1 heterocycles. The highest BCUT2D eigenvalue weighted by Crippen LogP contribution is 2.36. The third kappa shape index (κ3) is 4.98. The molecule has 3 rings (SSSR count). The monoisotopic (exact) mass is 432 g/mol. The van der Waals surface area contributed by atoms with Crippen LogP contribution < -0.4 is 10.1 Å². The minimum absolute atomic E-state index is 0.215. The van der Waals surface area contributed by atoms with Gasteiger partial charge in [0, 0.05) is 0 Å². The summed E-state index contributed by atoms with van der Waals surface area (Å²) in [4.78, 5) is 17.3. The number of hydrogen-bond acceptors (Lipinski definition) is 4. The van der Waals surface area contributed by atoms with Crippen molar-refractivity contribution in [2.75, 3.05) is 6.61 Å². The molecule has 2 aromatic carbocycles. The number of thioether (sulfide) groups is 1. The zero-order chi connectivity index (χ0) is 20.1. The molecule has 0 unspecified atom stereocenters. The van der Waals surface area contributed by atoms with Crippen LogP contribution in [-0.2, 0) is 11.2 Å². The highest BCUT2D eigenvalue weighted by molar-refractivity contribution is 8.18. The van der Waals surface area contributed by atoms with Gasteiger partial charge in [-0.2, -0.15) is 0 Å². The predicted octanol–water partition coefficient (Wildman–Crippen LogP) is 6.01. The van der Waals surface area contributed by atoms with Gasteiger partial charge in [-0.25, -0.2) is 4.99 Å². The number of halogens is 2. The maximum absolute atomic E-state index is 12.3. The summed E-state index contributed by atoms with van der Waals surface area (Å²) >= 11 is 13.8. The summed E-state index contributed by atoms with van der Waals surface area (Å²) in [6.07, 6.45) is 4.30. The van der Waals surface area contributed by atoms with E-state index < -0.39 is 0 Å². The van der Waals surface area contributed by atoms with Crippen molar-refractivity contribution in [1.29, 1.82) is 0 Å². The summed E-state index contributed by atoms with van der Waals surface area (Å²) in [6.45, 7) is 6.00. The first-order valence-corrected chi connectivity index (χ1v) is 10.2. The zero-order valence-electron chi connectivity index (χ0n) is 15.2. The molecule has 1 aliphatic heterocycles. The minimum atomic E-state index is -0.215. The first kappa shape index (κ1) is 20.5. The Bertz CT molecular complexity index is 946. The largest absolute Gasteiger partial charge is 0.486 e. The number of amidine groups is 1. The maximum Gasteiger partial charge on any atom is 0.264 e. The van der Waals surface area contributed by atoms with Gasteiger partial charge in [0.15, 0.2) is 10.9 Å². The fourth-order valence-corrected chi connectivity index (χ4v) is 3.95. The number of nitrogens with one attached hydrogen (secondary N) is 1. The maximum atomic E-state index is 12.3. The molecule has 28 heavy (non-hydrogen) atoms. The van der Waals surface area contributed by atoms with E-state index in [-0.39, 0.29) is 5.91 Å². The fourth-order valence-electron chi connectivity index (χ4n) is 2.50. The van der Waals surface area contributed by atoms with Crippen LogP contribution >= 0.6 is 35.0 Å². The number of rotatable bonds is 6. The van der Waals surface area contributed by atoms with Gasteiger partial charge in [-0.1, -0.05) is 54.9 Å². The normalized spacial score (nSPS) is 16.5. The molecule has 0 bridgehead atoms. The Morgan fingerprint density at radius 1 is 1.21 bits per heavy atom. The third-order valence-electron chi connectivity index (χ3n) is 3.89. The Morgan fingerprint density at radius 3 is 2.50 bits per heavy atom. The molecule has 1 N–H and O–H groups in total. The second-order valence-electron chi connectivity index (χ2n) is 5.92. The van der Waals surface area contributed by atoms with E-state index in [0.29, 0.717) is 38.0 Å². The number of aryl methyl sites for hydroxylation is 1. The van der Waals surface area contributed by atoms with Gasteiger partial charge in [0.1, 0.15) is 6.61 Å². The Labute approximate surface area is 178 Å². The Morgan fingerprint density at radius 2 is 1.89 bits per heavy atom. The number of carbonyl (C=O) groups excluding carboxylic acids is 1. The van der Waals surface area contributed by atoms with Gasteiger partial charge in [-0.3, -0.25) is 4.79 Å². The topological polar surface area (TPSA) is 50.7 Å². The van der Waals surface area contributed by atoms with Gasteiger partial charge in [0.05, 0.1) is 20.6 Å².